The van der Waals surface area contributed by atoms with Crippen molar-refractivity contribution >= 4 is 28.6 Å². The summed E-state index contributed by atoms with van der Waals surface area (Å²) < 4.78 is 25.8. The fourth-order valence-electron chi connectivity index (χ4n) is 3.80. The second kappa shape index (κ2) is 11.9. The number of benzene rings is 2. The zero-order valence-electron chi connectivity index (χ0n) is 19.2. The van der Waals surface area contributed by atoms with E-state index in [-0.39, 0.29) is 18.3 Å². The van der Waals surface area contributed by atoms with Gasteiger partial charge in [0.25, 0.3) is 0 Å². The summed E-state index contributed by atoms with van der Waals surface area (Å²) in [5.74, 6) is -0.418. The van der Waals surface area contributed by atoms with E-state index < -0.39 is 0 Å². The van der Waals surface area contributed by atoms with Crippen LogP contribution in [-0.2, 0) is 20.8 Å². The maximum atomic E-state index is 13.3. The molecule has 1 saturated heterocycles. The predicted octanol–water partition coefficient (Wildman–Crippen LogP) is 3.58. The van der Waals surface area contributed by atoms with E-state index in [1.54, 1.807) is 23.5 Å². The number of carbonyl (C=O) groups is 1. The summed E-state index contributed by atoms with van der Waals surface area (Å²) in [6.07, 6.45) is 0.738. The standard InChI is InChI=1S/C25H29FN4O3S/c1-32-17-24(31)27-11-2-12-30-23(18-34-25(30)28-21-7-5-20(26)6-8-21)19-3-9-22(10-4-19)29-13-15-33-16-14-29/h3-10,18H,2,11-17H2,1H3,(H,27,31). The Morgan fingerprint density at radius 2 is 1.88 bits per heavy atom. The van der Waals surface area contributed by atoms with Crippen LogP contribution in [0.2, 0.25) is 0 Å². The molecule has 1 amide bonds. The van der Waals surface area contributed by atoms with Gasteiger partial charge in [-0.1, -0.05) is 12.1 Å². The molecular weight excluding hydrogens is 455 g/mol. The van der Waals surface area contributed by atoms with Crippen molar-refractivity contribution in [2.75, 3.05) is 51.5 Å². The Bertz CT molecular complexity index is 1140. The molecule has 0 aliphatic carbocycles. The van der Waals surface area contributed by atoms with Gasteiger partial charge in [-0.05, 0) is 48.4 Å². The lowest BCUT2D eigenvalue weighted by Gasteiger charge is -2.28. The molecule has 1 aromatic heterocycles. The Morgan fingerprint density at radius 3 is 2.59 bits per heavy atom. The molecule has 2 aromatic carbocycles. The highest BCUT2D eigenvalue weighted by Gasteiger charge is 2.13. The number of thiazole rings is 1. The lowest BCUT2D eigenvalue weighted by atomic mass is 10.1. The first-order chi connectivity index (χ1) is 16.6. The maximum Gasteiger partial charge on any atom is 0.245 e. The Labute approximate surface area is 202 Å². The minimum atomic E-state index is -0.286. The van der Waals surface area contributed by atoms with Crippen molar-refractivity contribution < 1.29 is 18.7 Å². The first-order valence-corrected chi connectivity index (χ1v) is 12.2. The molecule has 34 heavy (non-hydrogen) atoms. The number of anilines is 1. The molecule has 0 bridgehead atoms. The van der Waals surface area contributed by atoms with E-state index in [9.17, 15) is 9.18 Å². The van der Waals surface area contributed by atoms with Crippen LogP contribution in [0.1, 0.15) is 6.42 Å². The number of aromatic nitrogens is 1. The number of halogens is 1. The fraction of sp³-hybridized carbons (Fsp3) is 0.360. The smallest absolute Gasteiger partial charge is 0.245 e. The van der Waals surface area contributed by atoms with E-state index in [4.69, 9.17) is 14.5 Å². The summed E-state index contributed by atoms with van der Waals surface area (Å²) in [6, 6.07) is 14.7. The van der Waals surface area contributed by atoms with Gasteiger partial charge in [0.15, 0.2) is 4.80 Å². The van der Waals surface area contributed by atoms with Gasteiger partial charge in [0.2, 0.25) is 5.91 Å². The van der Waals surface area contributed by atoms with Gasteiger partial charge in [-0.25, -0.2) is 9.38 Å². The molecule has 4 rings (SSSR count). The molecule has 1 fully saturated rings. The first kappa shape index (κ1) is 24.1. The van der Waals surface area contributed by atoms with Gasteiger partial charge in [-0.15, -0.1) is 11.3 Å². The van der Waals surface area contributed by atoms with Crippen molar-refractivity contribution in [3.8, 4) is 11.3 Å². The molecule has 1 aliphatic rings. The Kier molecular flexibility index (Phi) is 8.46. The lowest BCUT2D eigenvalue weighted by molar-refractivity contribution is -0.124. The zero-order chi connectivity index (χ0) is 23.8. The molecule has 0 atom stereocenters. The molecule has 0 spiro atoms. The minimum Gasteiger partial charge on any atom is -0.378 e. The first-order valence-electron chi connectivity index (χ1n) is 11.3. The highest BCUT2D eigenvalue weighted by molar-refractivity contribution is 7.07. The maximum absolute atomic E-state index is 13.3. The second-order valence-electron chi connectivity index (χ2n) is 7.93. The van der Waals surface area contributed by atoms with Crippen LogP contribution in [0.3, 0.4) is 0 Å². The molecule has 3 aromatic rings. The van der Waals surface area contributed by atoms with Crippen LogP contribution in [0.25, 0.3) is 11.3 Å². The van der Waals surface area contributed by atoms with Gasteiger partial charge >= 0.3 is 0 Å². The van der Waals surface area contributed by atoms with Crippen molar-refractivity contribution in [1.82, 2.24) is 9.88 Å². The molecule has 1 N–H and O–H groups in total. The number of hydrogen-bond acceptors (Lipinski definition) is 6. The fourth-order valence-corrected chi connectivity index (χ4v) is 4.76. The lowest BCUT2D eigenvalue weighted by Crippen LogP contribution is -2.36. The number of morpholine rings is 1. The monoisotopic (exact) mass is 484 g/mol. The number of methoxy groups -OCH3 is 1. The van der Waals surface area contributed by atoms with Crippen LogP contribution >= 0.6 is 11.3 Å². The van der Waals surface area contributed by atoms with E-state index in [0.29, 0.717) is 18.8 Å². The Hall–Kier alpha value is -3.01. The van der Waals surface area contributed by atoms with Crippen LogP contribution < -0.4 is 15.0 Å². The van der Waals surface area contributed by atoms with E-state index in [2.05, 4.69) is 44.4 Å². The molecule has 7 nitrogen and oxygen atoms in total. The number of nitrogens with zero attached hydrogens (tertiary/aromatic N) is 3. The van der Waals surface area contributed by atoms with Crippen LogP contribution in [0.4, 0.5) is 15.8 Å². The van der Waals surface area contributed by atoms with Crippen molar-refractivity contribution in [2.45, 2.75) is 13.0 Å². The highest BCUT2D eigenvalue weighted by Crippen LogP contribution is 2.25. The van der Waals surface area contributed by atoms with Crippen molar-refractivity contribution in [3.63, 3.8) is 0 Å². The van der Waals surface area contributed by atoms with Gasteiger partial charge < -0.3 is 24.3 Å². The Morgan fingerprint density at radius 1 is 1.15 bits per heavy atom. The number of rotatable bonds is 9. The van der Waals surface area contributed by atoms with Gasteiger partial charge in [0, 0.05) is 44.4 Å². The third-order valence-electron chi connectivity index (χ3n) is 5.54. The number of hydrogen-bond donors (Lipinski definition) is 1. The topological polar surface area (TPSA) is 68.1 Å². The van der Waals surface area contributed by atoms with Gasteiger partial charge in [0.1, 0.15) is 12.4 Å². The SMILES string of the molecule is COCC(=O)NCCCn1c(-c2ccc(N3CCOCC3)cc2)csc1=Nc1ccc(F)cc1. The van der Waals surface area contributed by atoms with E-state index in [1.165, 1.54) is 24.9 Å². The number of nitrogens with one attached hydrogen (secondary N) is 1. The molecule has 1 aliphatic heterocycles. The molecule has 0 radical (unpaired) electrons. The summed E-state index contributed by atoms with van der Waals surface area (Å²) in [7, 11) is 1.50. The summed E-state index contributed by atoms with van der Waals surface area (Å²) in [5, 5.41) is 4.96. The Balaban J connectivity index is 1.57. The molecule has 0 unspecified atom stereocenters. The quantitative estimate of drug-likeness (QED) is 0.472. The van der Waals surface area contributed by atoms with E-state index in [1.807, 2.05) is 0 Å². The average Bonchev–Trinajstić information content (AvgIpc) is 3.26. The van der Waals surface area contributed by atoms with Crippen LogP contribution in [0.15, 0.2) is 58.9 Å². The molecular formula is C25H29FN4O3S. The van der Waals surface area contributed by atoms with E-state index >= 15 is 0 Å². The normalized spacial score (nSPS) is 14.4. The van der Waals surface area contributed by atoms with Crippen molar-refractivity contribution in [2.24, 2.45) is 4.99 Å². The van der Waals surface area contributed by atoms with Crippen LogP contribution in [0.5, 0.6) is 0 Å². The van der Waals surface area contributed by atoms with E-state index in [0.717, 1.165) is 48.8 Å². The van der Waals surface area contributed by atoms with Crippen LogP contribution in [0, 0.1) is 5.82 Å². The number of carbonyl (C=O) groups excluding carboxylic acids is 1. The molecule has 180 valence electrons. The summed E-state index contributed by atoms with van der Waals surface area (Å²) in [6.45, 7) is 4.56. The third-order valence-corrected chi connectivity index (χ3v) is 6.41. The van der Waals surface area contributed by atoms with Gasteiger partial charge in [0.05, 0.1) is 24.6 Å². The van der Waals surface area contributed by atoms with Gasteiger partial charge in [-0.3, -0.25) is 4.79 Å². The highest BCUT2D eigenvalue weighted by atomic mass is 32.1. The van der Waals surface area contributed by atoms with Crippen molar-refractivity contribution in [1.29, 1.82) is 0 Å². The molecule has 9 heteroatoms. The van der Waals surface area contributed by atoms with Gasteiger partial charge in [-0.2, -0.15) is 0 Å². The van der Waals surface area contributed by atoms with Crippen molar-refractivity contribution in [3.05, 3.63) is 64.5 Å². The molecule has 2 heterocycles. The summed E-state index contributed by atoms with van der Waals surface area (Å²) in [5.41, 5.74) is 4.03. The third kappa shape index (κ3) is 6.31. The molecule has 0 saturated carbocycles. The summed E-state index contributed by atoms with van der Waals surface area (Å²) in [4.78, 5) is 19.6. The second-order valence-corrected chi connectivity index (χ2v) is 8.76. The average molecular weight is 485 g/mol. The minimum absolute atomic E-state index is 0.0531. The zero-order valence-corrected chi connectivity index (χ0v) is 20.0. The predicted molar refractivity (Wildman–Crippen MR) is 132 cm³/mol. The largest absolute Gasteiger partial charge is 0.378 e. The van der Waals surface area contributed by atoms with Crippen LogP contribution in [-0.4, -0.2) is 57.0 Å². The number of ether oxygens (including phenoxy) is 2. The summed E-state index contributed by atoms with van der Waals surface area (Å²) >= 11 is 1.54. The number of amides is 1.